The van der Waals surface area contributed by atoms with Crippen molar-refractivity contribution in [1.82, 2.24) is 0 Å². The molecule has 0 spiro atoms. The third-order valence-corrected chi connectivity index (χ3v) is 0.439. The molecule has 0 saturated heterocycles. The molecule has 4 nitrogen and oxygen atoms in total. The number of allylic oxidation sites excluding steroid dienone is 1. The summed E-state index contributed by atoms with van der Waals surface area (Å²) in [7, 11) is 1.31. The lowest BCUT2D eigenvalue weighted by Gasteiger charge is -1.86. The van der Waals surface area contributed by atoms with Gasteiger partial charge in [-0.2, -0.15) is 0 Å². The van der Waals surface area contributed by atoms with Gasteiger partial charge in [-0.15, -0.1) is 0 Å². The number of hydrogen-bond donors (Lipinski definition) is 0. The van der Waals surface area contributed by atoms with E-state index in [-0.39, 0.29) is 0 Å². The van der Waals surface area contributed by atoms with E-state index in [0.29, 0.717) is 4.86 Å². The summed E-state index contributed by atoms with van der Waals surface area (Å²) in [6, 6.07) is 0. The molecule has 4 heteroatoms. The van der Waals surface area contributed by atoms with Crippen LogP contribution in [0.5, 0.6) is 0 Å². The molecule has 0 aliphatic rings. The van der Waals surface area contributed by atoms with Gasteiger partial charge < -0.3 is 10.0 Å². The minimum absolute atomic E-state index is 0.333. The maximum Gasteiger partial charge on any atom is 0.208 e. The molecule has 0 aliphatic heterocycles. The molecule has 0 bridgehead atoms. The lowest BCUT2D eigenvalue weighted by atomic mass is 10.7. The van der Waals surface area contributed by atoms with Gasteiger partial charge in [-0.3, -0.25) is 0 Å². The predicted octanol–water partition coefficient (Wildman–Crippen LogP) is 1.04. The number of nitrogens with zero attached hydrogens (tertiary/aromatic N) is 2. The fourth-order valence-electron chi connectivity index (χ4n) is 0.235. The van der Waals surface area contributed by atoms with Crippen molar-refractivity contribution in [2.24, 2.45) is 5.28 Å². The van der Waals surface area contributed by atoms with Crippen molar-refractivity contribution in [3.63, 3.8) is 0 Å². The van der Waals surface area contributed by atoms with Crippen molar-refractivity contribution >= 4 is 0 Å². The second kappa shape index (κ2) is 4.11. The van der Waals surface area contributed by atoms with Gasteiger partial charge >= 0.3 is 0 Å². The Balaban J connectivity index is 3.61. The first kappa shape index (κ1) is 6.94. The molecule has 0 atom stereocenters. The van der Waals surface area contributed by atoms with Gasteiger partial charge in [0.2, 0.25) is 11.5 Å². The lowest BCUT2D eigenvalue weighted by Crippen LogP contribution is -1.87. The maximum atomic E-state index is 10.2. The molecule has 0 fully saturated rings. The molecule has 0 rings (SSSR count). The Labute approximate surface area is 47.6 Å². The molecule has 46 valence electrons. The Bertz CT molecular complexity index is 109. The molecule has 0 aromatic carbocycles. The Morgan fingerprint density at radius 2 is 2.38 bits per heavy atom. The zero-order chi connectivity index (χ0) is 6.41. The van der Waals surface area contributed by atoms with Gasteiger partial charge in [0.1, 0.15) is 7.11 Å². The molecular weight excluding hydrogens is 108 g/mol. The van der Waals surface area contributed by atoms with Crippen molar-refractivity contribution in [2.45, 2.75) is 6.92 Å². The van der Waals surface area contributed by atoms with Gasteiger partial charge in [0.05, 0.1) is 0 Å². The van der Waals surface area contributed by atoms with Crippen LogP contribution in [0.1, 0.15) is 6.92 Å². The van der Waals surface area contributed by atoms with Crippen molar-refractivity contribution in [1.29, 1.82) is 0 Å². The third-order valence-electron chi connectivity index (χ3n) is 0.439. The van der Waals surface area contributed by atoms with E-state index >= 15 is 0 Å². The Kier molecular flexibility index (Phi) is 3.56. The van der Waals surface area contributed by atoms with Crippen molar-refractivity contribution in [3.8, 4) is 0 Å². The van der Waals surface area contributed by atoms with Crippen LogP contribution < -0.4 is 0 Å². The molecule has 0 saturated carbocycles. The summed E-state index contributed by atoms with van der Waals surface area (Å²) in [5, 5.41) is 13.2. The van der Waals surface area contributed by atoms with Crippen LogP contribution in [0.15, 0.2) is 17.6 Å². The van der Waals surface area contributed by atoms with Gasteiger partial charge in [-0.25, -0.2) is 0 Å². The quantitative estimate of drug-likeness (QED) is 0.307. The Morgan fingerprint density at radius 1 is 1.75 bits per heavy atom. The van der Waals surface area contributed by atoms with Gasteiger partial charge in [0.25, 0.3) is 0 Å². The molecule has 0 heterocycles. The van der Waals surface area contributed by atoms with Crippen molar-refractivity contribution in [2.75, 3.05) is 7.11 Å². The average molecular weight is 116 g/mol. The molecule has 0 N–H and O–H groups in total. The van der Waals surface area contributed by atoms with E-state index in [2.05, 4.69) is 10.1 Å². The van der Waals surface area contributed by atoms with Crippen LogP contribution in [-0.4, -0.2) is 12.0 Å². The Hall–Kier alpha value is -1.06. The summed E-state index contributed by atoms with van der Waals surface area (Å²) in [4.78, 5) is 4.48. The average Bonchev–Trinajstić information content (AvgIpc) is 1.68. The topological polar surface area (TPSA) is 47.7 Å². The highest BCUT2D eigenvalue weighted by atomic mass is 16.7. The molecular formula is C4H8N2O2. The van der Waals surface area contributed by atoms with Crippen LogP contribution in [0.25, 0.3) is 0 Å². The molecule has 0 amide bonds. The highest BCUT2D eigenvalue weighted by molar-refractivity contribution is 4.62. The summed E-state index contributed by atoms with van der Waals surface area (Å²) in [5.74, 6) is 0. The van der Waals surface area contributed by atoms with Gasteiger partial charge in [-0.05, 0) is 17.9 Å². The molecule has 0 aromatic heterocycles. The molecule has 0 radical (unpaired) electrons. The highest BCUT2D eigenvalue weighted by Crippen LogP contribution is 1.76. The largest absolute Gasteiger partial charge is 0.592 e. The summed E-state index contributed by atoms with van der Waals surface area (Å²) in [5.41, 5.74) is 0. The number of rotatable bonds is 2. The van der Waals surface area contributed by atoms with Gasteiger partial charge in [0.15, 0.2) is 0 Å². The van der Waals surface area contributed by atoms with Gasteiger partial charge in [-0.1, -0.05) is 0 Å². The first-order chi connectivity index (χ1) is 3.81. The Morgan fingerprint density at radius 3 is 2.75 bits per heavy atom. The van der Waals surface area contributed by atoms with E-state index in [0.717, 1.165) is 0 Å². The minimum atomic E-state index is 0.333. The van der Waals surface area contributed by atoms with E-state index in [1.807, 2.05) is 0 Å². The van der Waals surface area contributed by atoms with E-state index in [9.17, 15) is 5.21 Å². The summed E-state index contributed by atoms with van der Waals surface area (Å²) >= 11 is 0. The fraction of sp³-hybridized carbons (Fsp3) is 0.500. The second-order valence-corrected chi connectivity index (χ2v) is 1.05. The maximum absolute atomic E-state index is 10.2. The molecule has 0 aliphatic carbocycles. The molecule has 0 unspecified atom stereocenters. The second-order valence-electron chi connectivity index (χ2n) is 1.05. The summed E-state index contributed by atoms with van der Waals surface area (Å²) in [6.07, 6.45) is 2.80. The lowest BCUT2D eigenvalue weighted by molar-refractivity contribution is -0.491. The van der Waals surface area contributed by atoms with Crippen LogP contribution in [0, 0.1) is 5.21 Å². The van der Waals surface area contributed by atoms with Crippen LogP contribution in [0.2, 0.25) is 0 Å². The first-order valence-electron chi connectivity index (χ1n) is 2.14. The van der Waals surface area contributed by atoms with Crippen LogP contribution in [-0.2, 0) is 4.84 Å². The highest BCUT2D eigenvalue weighted by Gasteiger charge is 1.79. The van der Waals surface area contributed by atoms with Crippen LogP contribution >= 0.6 is 0 Å². The monoisotopic (exact) mass is 116 g/mol. The van der Waals surface area contributed by atoms with E-state index in [1.54, 1.807) is 13.0 Å². The fourth-order valence-corrected chi connectivity index (χ4v) is 0.235. The van der Waals surface area contributed by atoms with Crippen molar-refractivity contribution < 1.29 is 9.70 Å². The van der Waals surface area contributed by atoms with E-state index < -0.39 is 0 Å². The zero-order valence-electron chi connectivity index (χ0n) is 4.87. The summed E-state index contributed by atoms with van der Waals surface area (Å²) < 4.78 is 0. The smallest absolute Gasteiger partial charge is 0.208 e. The normalized spacial score (nSPS) is 12.5. The number of hydrogen-bond acceptors (Lipinski definition) is 3. The van der Waals surface area contributed by atoms with E-state index in [1.165, 1.54) is 13.3 Å². The predicted molar refractivity (Wildman–Crippen MR) is 27.9 cm³/mol. The number of hydroxylamine groups is 1. The molecule has 8 heavy (non-hydrogen) atoms. The van der Waals surface area contributed by atoms with Gasteiger partial charge in [0, 0.05) is 0 Å². The van der Waals surface area contributed by atoms with E-state index in [4.69, 9.17) is 0 Å². The SMILES string of the molecule is C/C=C/[N+]([O-])=N/OC. The first-order valence-corrected chi connectivity index (χ1v) is 2.14. The zero-order valence-corrected chi connectivity index (χ0v) is 4.87. The third kappa shape index (κ3) is 3.14. The summed E-state index contributed by atoms with van der Waals surface area (Å²) in [6.45, 7) is 1.72. The standard InChI is InChI=1S/C4H8N2O2/c1-3-4-6(7)5-8-2/h3-4H,1-2H3/b4-3+,6-5-. The van der Waals surface area contributed by atoms with Crippen molar-refractivity contribution in [3.05, 3.63) is 17.5 Å². The molecule has 0 aromatic rings. The van der Waals surface area contributed by atoms with Crippen LogP contribution in [0.3, 0.4) is 0 Å². The van der Waals surface area contributed by atoms with Crippen LogP contribution in [0.4, 0.5) is 0 Å². The minimum Gasteiger partial charge on any atom is -0.592 e.